The smallest absolute Gasteiger partial charge is 0.303 e. The van der Waals surface area contributed by atoms with Gasteiger partial charge in [0.15, 0.2) is 0 Å². The molecule has 0 aromatic heterocycles. The van der Waals surface area contributed by atoms with Crippen molar-refractivity contribution in [1.82, 2.24) is 4.90 Å². The molecule has 0 unspecified atom stereocenters. The Kier molecular flexibility index (Phi) is 6.76. The fraction of sp³-hybridized carbons (Fsp3) is 0.889. The molecule has 0 aromatic carbocycles. The molecule has 0 saturated heterocycles. The van der Waals surface area contributed by atoms with E-state index in [0.29, 0.717) is 6.42 Å². The number of hydrogen-bond donors (Lipinski definition) is 1. The molecular weight excluding hydrogens is 154 g/mol. The second-order valence-electron chi connectivity index (χ2n) is 3.10. The number of aliphatic carboxylic acids is 1. The van der Waals surface area contributed by atoms with Crippen LogP contribution in [0.2, 0.25) is 0 Å². The van der Waals surface area contributed by atoms with E-state index in [1.807, 2.05) is 0 Å². The van der Waals surface area contributed by atoms with Gasteiger partial charge in [-0.2, -0.15) is 0 Å². The minimum Gasteiger partial charge on any atom is -0.481 e. The van der Waals surface area contributed by atoms with Crippen molar-refractivity contribution >= 4 is 5.97 Å². The van der Waals surface area contributed by atoms with E-state index in [1.165, 1.54) is 0 Å². The van der Waals surface area contributed by atoms with Crippen LogP contribution in [0.3, 0.4) is 0 Å². The van der Waals surface area contributed by atoms with Gasteiger partial charge in [-0.05, 0) is 33.0 Å². The molecule has 12 heavy (non-hydrogen) atoms. The number of unbranched alkanes of at least 4 members (excludes halogenated alkanes) is 2. The first-order chi connectivity index (χ1) is 5.66. The normalized spacial score (nSPS) is 10.6. The molecule has 3 nitrogen and oxygen atoms in total. The van der Waals surface area contributed by atoms with E-state index in [-0.39, 0.29) is 0 Å². The highest BCUT2D eigenvalue weighted by molar-refractivity contribution is 5.66. The van der Waals surface area contributed by atoms with Gasteiger partial charge in [0.05, 0.1) is 0 Å². The molecule has 0 aliphatic carbocycles. The van der Waals surface area contributed by atoms with E-state index in [0.717, 1.165) is 32.4 Å². The van der Waals surface area contributed by atoms with Gasteiger partial charge in [0.2, 0.25) is 0 Å². The van der Waals surface area contributed by atoms with Gasteiger partial charge >= 0.3 is 5.97 Å². The molecule has 0 fully saturated rings. The summed E-state index contributed by atoms with van der Waals surface area (Å²) >= 11 is 0. The van der Waals surface area contributed by atoms with Gasteiger partial charge in [0.1, 0.15) is 0 Å². The molecule has 0 saturated carbocycles. The largest absolute Gasteiger partial charge is 0.481 e. The maximum Gasteiger partial charge on any atom is 0.303 e. The number of carbonyl (C=O) groups is 1. The average molecular weight is 173 g/mol. The molecule has 0 atom stereocenters. The van der Waals surface area contributed by atoms with Crippen LogP contribution in [0.4, 0.5) is 0 Å². The summed E-state index contributed by atoms with van der Waals surface area (Å²) in [5, 5.41) is 8.36. The second-order valence-corrected chi connectivity index (χ2v) is 3.10. The van der Waals surface area contributed by atoms with Crippen LogP contribution >= 0.6 is 0 Å². The average Bonchev–Trinajstić information content (AvgIpc) is 2.03. The third kappa shape index (κ3) is 7.54. The summed E-state index contributed by atoms with van der Waals surface area (Å²) < 4.78 is 0. The lowest BCUT2D eigenvalue weighted by Crippen LogP contribution is -2.18. The van der Waals surface area contributed by atoms with Gasteiger partial charge in [-0.25, -0.2) is 0 Å². The predicted molar refractivity (Wildman–Crippen MR) is 49.3 cm³/mol. The summed E-state index contributed by atoms with van der Waals surface area (Å²) in [6.07, 6.45) is 3.26. The first-order valence-electron chi connectivity index (χ1n) is 4.57. The van der Waals surface area contributed by atoms with Crippen molar-refractivity contribution in [3.05, 3.63) is 0 Å². The van der Waals surface area contributed by atoms with Gasteiger partial charge in [-0.15, -0.1) is 0 Å². The van der Waals surface area contributed by atoms with Crippen molar-refractivity contribution in [1.29, 1.82) is 0 Å². The van der Waals surface area contributed by atoms with Gasteiger partial charge in [0.25, 0.3) is 0 Å². The van der Waals surface area contributed by atoms with Gasteiger partial charge < -0.3 is 10.0 Å². The molecule has 0 heterocycles. The Balaban J connectivity index is 3.05. The summed E-state index contributed by atoms with van der Waals surface area (Å²) in [5.41, 5.74) is 0. The van der Waals surface area contributed by atoms with Crippen LogP contribution in [0.1, 0.15) is 32.6 Å². The van der Waals surface area contributed by atoms with Crippen LogP contribution in [0.15, 0.2) is 0 Å². The standard InChI is InChI=1S/C9H19NO2/c1-3-10(2)8-6-4-5-7-9(11)12/h3-8H2,1-2H3,(H,11,12). The summed E-state index contributed by atoms with van der Waals surface area (Å²) in [7, 11) is 2.08. The highest BCUT2D eigenvalue weighted by Gasteiger charge is 1.97. The number of rotatable bonds is 7. The summed E-state index contributed by atoms with van der Waals surface area (Å²) in [4.78, 5) is 12.4. The monoisotopic (exact) mass is 173 g/mol. The second kappa shape index (κ2) is 7.10. The first-order valence-corrected chi connectivity index (χ1v) is 4.57. The Morgan fingerprint density at radius 2 is 2.00 bits per heavy atom. The fourth-order valence-electron chi connectivity index (χ4n) is 0.993. The Morgan fingerprint density at radius 1 is 1.33 bits per heavy atom. The van der Waals surface area contributed by atoms with E-state index in [1.54, 1.807) is 0 Å². The molecule has 72 valence electrons. The molecule has 0 rings (SSSR count). The van der Waals surface area contributed by atoms with Gasteiger partial charge in [0, 0.05) is 6.42 Å². The number of carboxylic acid groups (broad SMARTS) is 1. The molecule has 0 spiro atoms. The van der Waals surface area contributed by atoms with Crippen molar-refractivity contribution in [2.75, 3.05) is 20.1 Å². The number of carboxylic acids is 1. The van der Waals surface area contributed by atoms with Crippen LogP contribution in [0.25, 0.3) is 0 Å². The van der Waals surface area contributed by atoms with Crippen LogP contribution in [0.5, 0.6) is 0 Å². The molecule has 3 heteroatoms. The summed E-state index contributed by atoms with van der Waals surface area (Å²) in [6.45, 7) is 4.27. The maximum atomic E-state index is 10.1. The third-order valence-electron chi connectivity index (χ3n) is 1.97. The Morgan fingerprint density at radius 3 is 2.50 bits per heavy atom. The predicted octanol–water partition coefficient (Wildman–Crippen LogP) is 1.58. The summed E-state index contributed by atoms with van der Waals surface area (Å²) in [5.74, 6) is -0.682. The molecule has 0 radical (unpaired) electrons. The van der Waals surface area contributed by atoms with E-state index in [2.05, 4.69) is 18.9 Å². The van der Waals surface area contributed by atoms with Crippen LogP contribution in [-0.2, 0) is 4.79 Å². The lowest BCUT2D eigenvalue weighted by atomic mass is 10.2. The number of nitrogens with zero attached hydrogens (tertiary/aromatic N) is 1. The Bertz CT molecular complexity index is 126. The van der Waals surface area contributed by atoms with E-state index in [9.17, 15) is 4.79 Å². The van der Waals surface area contributed by atoms with Crippen molar-refractivity contribution in [3.63, 3.8) is 0 Å². The molecule has 0 bridgehead atoms. The SMILES string of the molecule is CCN(C)CCCCCC(=O)O. The zero-order chi connectivity index (χ0) is 9.40. The zero-order valence-electron chi connectivity index (χ0n) is 8.05. The lowest BCUT2D eigenvalue weighted by Gasteiger charge is -2.12. The Hall–Kier alpha value is -0.570. The van der Waals surface area contributed by atoms with Crippen molar-refractivity contribution in [3.8, 4) is 0 Å². The van der Waals surface area contributed by atoms with Gasteiger partial charge in [-0.1, -0.05) is 13.3 Å². The van der Waals surface area contributed by atoms with Crippen LogP contribution < -0.4 is 0 Å². The molecular formula is C9H19NO2. The Labute approximate surface area is 74.4 Å². The summed E-state index contributed by atoms with van der Waals surface area (Å²) in [6, 6.07) is 0. The minimum atomic E-state index is -0.682. The van der Waals surface area contributed by atoms with Crippen LogP contribution in [0, 0.1) is 0 Å². The van der Waals surface area contributed by atoms with Crippen molar-refractivity contribution in [2.45, 2.75) is 32.6 Å². The topological polar surface area (TPSA) is 40.5 Å². The van der Waals surface area contributed by atoms with Crippen molar-refractivity contribution in [2.24, 2.45) is 0 Å². The van der Waals surface area contributed by atoms with Gasteiger partial charge in [-0.3, -0.25) is 4.79 Å². The highest BCUT2D eigenvalue weighted by Crippen LogP contribution is 2.00. The minimum absolute atomic E-state index is 0.315. The van der Waals surface area contributed by atoms with Crippen molar-refractivity contribution < 1.29 is 9.90 Å². The first kappa shape index (κ1) is 11.4. The van der Waals surface area contributed by atoms with E-state index < -0.39 is 5.97 Å². The van der Waals surface area contributed by atoms with Crippen LogP contribution in [-0.4, -0.2) is 36.1 Å². The third-order valence-corrected chi connectivity index (χ3v) is 1.97. The lowest BCUT2D eigenvalue weighted by molar-refractivity contribution is -0.137. The zero-order valence-corrected chi connectivity index (χ0v) is 8.05. The molecule has 0 amide bonds. The quantitative estimate of drug-likeness (QED) is 0.594. The van der Waals surface area contributed by atoms with E-state index >= 15 is 0 Å². The molecule has 1 N–H and O–H groups in total. The maximum absolute atomic E-state index is 10.1. The van der Waals surface area contributed by atoms with E-state index in [4.69, 9.17) is 5.11 Å². The molecule has 0 aromatic rings. The molecule has 0 aliphatic rings. The molecule has 0 aliphatic heterocycles. The number of hydrogen-bond acceptors (Lipinski definition) is 2. The fourth-order valence-corrected chi connectivity index (χ4v) is 0.993. The highest BCUT2D eigenvalue weighted by atomic mass is 16.4.